The first-order valence-electron chi connectivity index (χ1n) is 7.37. The van der Waals surface area contributed by atoms with Gasteiger partial charge in [-0.05, 0) is 31.2 Å². The summed E-state index contributed by atoms with van der Waals surface area (Å²) in [6.45, 7) is 1.38. The number of carbonyl (C=O) groups excluding carboxylic acids is 2. The predicted octanol–water partition coefficient (Wildman–Crippen LogP) is 1.30. The van der Waals surface area contributed by atoms with Crippen LogP contribution in [0.15, 0.2) is 24.3 Å². The molecule has 0 bridgehead atoms. The van der Waals surface area contributed by atoms with E-state index in [1.54, 1.807) is 24.3 Å². The van der Waals surface area contributed by atoms with Crippen LogP contribution in [0.4, 0.5) is 5.69 Å². The highest BCUT2D eigenvalue weighted by Gasteiger charge is 2.40. The smallest absolute Gasteiger partial charge is 0.331 e. The summed E-state index contributed by atoms with van der Waals surface area (Å²) >= 11 is 5.83. The summed E-state index contributed by atoms with van der Waals surface area (Å²) in [6, 6.07) is 6.73. The molecule has 0 radical (unpaired) electrons. The third-order valence-electron chi connectivity index (χ3n) is 3.94. The highest BCUT2D eigenvalue weighted by molar-refractivity contribution is 6.30. The molecule has 2 atom stereocenters. The average Bonchev–Trinajstić information content (AvgIpc) is 2.90. The number of ether oxygens (including phenoxy) is 1. The van der Waals surface area contributed by atoms with Gasteiger partial charge in [0.2, 0.25) is 11.8 Å². The molecule has 2 amide bonds. The molecule has 0 saturated carbocycles. The van der Waals surface area contributed by atoms with Gasteiger partial charge in [-0.3, -0.25) is 9.59 Å². The van der Waals surface area contributed by atoms with E-state index in [-0.39, 0.29) is 25.5 Å². The predicted molar refractivity (Wildman–Crippen MR) is 88.0 cm³/mol. The van der Waals surface area contributed by atoms with Crippen LogP contribution in [0.3, 0.4) is 0 Å². The molecule has 0 aliphatic carbocycles. The summed E-state index contributed by atoms with van der Waals surface area (Å²) in [5.74, 6) is -2.50. The van der Waals surface area contributed by atoms with Crippen molar-refractivity contribution < 1.29 is 24.2 Å². The summed E-state index contributed by atoms with van der Waals surface area (Å²) in [5.41, 5.74) is -0.889. The number of hydrogen-bond donors (Lipinski definition) is 2. The van der Waals surface area contributed by atoms with Crippen LogP contribution in [-0.2, 0) is 19.1 Å². The zero-order valence-electron chi connectivity index (χ0n) is 13.4. The quantitative estimate of drug-likeness (QED) is 0.802. The van der Waals surface area contributed by atoms with Gasteiger partial charge in [-0.15, -0.1) is 0 Å². The lowest BCUT2D eigenvalue weighted by atomic mass is 10.0. The number of carboxylic acids is 1. The number of nitrogens with one attached hydrogen (secondary N) is 1. The van der Waals surface area contributed by atoms with Gasteiger partial charge in [-0.2, -0.15) is 0 Å². The van der Waals surface area contributed by atoms with Crippen LogP contribution in [0, 0.1) is 5.92 Å². The van der Waals surface area contributed by atoms with Crippen molar-refractivity contribution in [3.05, 3.63) is 29.3 Å². The Hall–Kier alpha value is -2.12. The van der Waals surface area contributed by atoms with Crippen LogP contribution in [-0.4, -0.2) is 48.7 Å². The van der Waals surface area contributed by atoms with Crippen LogP contribution in [0.25, 0.3) is 0 Å². The van der Waals surface area contributed by atoms with Crippen LogP contribution in [0.1, 0.15) is 13.3 Å². The standard InChI is InChI=1S/C16H19ClN2O5/c1-16(9-24-2,15(22)23)18-14(21)10-7-13(20)19(8-10)12-5-3-11(17)4-6-12/h3-6,10H,7-9H2,1-2H3,(H,18,21)(H,22,23). The summed E-state index contributed by atoms with van der Waals surface area (Å²) in [4.78, 5) is 37.4. The van der Waals surface area contributed by atoms with Gasteiger partial charge in [-0.25, -0.2) is 4.79 Å². The Labute approximate surface area is 144 Å². The lowest BCUT2D eigenvalue weighted by molar-refractivity contribution is -0.149. The lowest BCUT2D eigenvalue weighted by Gasteiger charge is -2.26. The normalized spacial score (nSPS) is 19.9. The van der Waals surface area contributed by atoms with E-state index >= 15 is 0 Å². The van der Waals surface area contributed by atoms with E-state index < -0.39 is 23.3 Å². The van der Waals surface area contributed by atoms with Gasteiger partial charge in [0.15, 0.2) is 5.54 Å². The first-order valence-corrected chi connectivity index (χ1v) is 7.75. The number of carboxylic acid groups (broad SMARTS) is 1. The molecule has 2 unspecified atom stereocenters. The molecule has 0 aromatic heterocycles. The van der Waals surface area contributed by atoms with E-state index in [2.05, 4.69) is 5.32 Å². The highest BCUT2D eigenvalue weighted by Crippen LogP contribution is 2.26. The zero-order chi connectivity index (χ0) is 17.9. The van der Waals surface area contributed by atoms with Crippen molar-refractivity contribution in [1.29, 1.82) is 0 Å². The number of aliphatic carboxylic acids is 1. The van der Waals surface area contributed by atoms with Crippen molar-refractivity contribution in [2.24, 2.45) is 5.92 Å². The van der Waals surface area contributed by atoms with Gasteiger partial charge in [0.1, 0.15) is 0 Å². The molecular formula is C16H19ClN2O5. The Morgan fingerprint density at radius 2 is 2.04 bits per heavy atom. The third kappa shape index (κ3) is 3.85. The molecular weight excluding hydrogens is 336 g/mol. The first kappa shape index (κ1) is 18.2. The Balaban J connectivity index is 2.08. The molecule has 1 aliphatic rings. The average molecular weight is 355 g/mol. The molecule has 1 aromatic rings. The molecule has 1 fully saturated rings. The van der Waals surface area contributed by atoms with Crippen LogP contribution >= 0.6 is 11.6 Å². The maximum absolute atomic E-state index is 12.4. The summed E-state index contributed by atoms with van der Waals surface area (Å²) in [5, 5.41) is 12.3. The van der Waals surface area contributed by atoms with Gasteiger partial charge in [0.25, 0.3) is 0 Å². The van der Waals surface area contributed by atoms with E-state index in [4.69, 9.17) is 16.3 Å². The fourth-order valence-corrected chi connectivity index (χ4v) is 2.69. The molecule has 1 aromatic carbocycles. The number of hydrogen-bond acceptors (Lipinski definition) is 4. The summed E-state index contributed by atoms with van der Waals surface area (Å²) < 4.78 is 4.87. The Morgan fingerprint density at radius 1 is 1.42 bits per heavy atom. The molecule has 24 heavy (non-hydrogen) atoms. The maximum atomic E-state index is 12.4. The Morgan fingerprint density at radius 3 is 2.58 bits per heavy atom. The molecule has 1 heterocycles. The van der Waals surface area contributed by atoms with Gasteiger partial charge >= 0.3 is 5.97 Å². The Kier molecular flexibility index (Phi) is 5.46. The number of nitrogens with zero attached hydrogens (tertiary/aromatic N) is 1. The maximum Gasteiger partial charge on any atom is 0.331 e. The zero-order valence-corrected chi connectivity index (χ0v) is 14.2. The molecule has 8 heteroatoms. The highest BCUT2D eigenvalue weighted by atomic mass is 35.5. The molecule has 2 rings (SSSR count). The topological polar surface area (TPSA) is 95.9 Å². The van der Waals surface area contributed by atoms with Crippen molar-refractivity contribution in [3.8, 4) is 0 Å². The van der Waals surface area contributed by atoms with Crippen LogP contribution in [0.2, 0.25) is 5.02 Å². The van der Waals surface area contributed by atoms with Crippen molar-refractivity contribution in [3.63, 3.8) is 0 Å². The molecule has 1 aliphatic heterocycles. The number of halogens is 1. The van der Waals surface area contributed by atoms with Gasteiger partial charge in [0.05, 0.1) is 12.5 Å². The number of rotatable bonds is 6. The van der Waals surface area contributed by atoms with E-state index in [9.17, 15) is 19.5 Å². The van der Waals surface area contributed by atoms with Crippen molar-refractivity contribution in [2.45, 2.75) is 18.9 Å². The number of amides is 2. The van der Waals surface area contributed by atoms with Crippen LogP contribution in [0.5, 0.6) is 0 Å². The number of methoxy groups -OCH3 is 1. The van der Waals surface area contributed by atoms with E-state index in [1.807, 2.05) is 0 Å². The number of anilines is 1. The van der Waals surface area contributed by atoms with Gasteiger partial charge in [0, 0.05) is 30.8 Å². The van der Waals surface area contributed by atoms with Crippen LogP contribution < -0.4 is 10.2 Å². The fraction of sp³-hybridized carbons (Fsp3) is 0.438. The lowest BCUT2D eigenvalue weighted by Crippen LogP contribution is -2.56. The van der Waals surface area contributed by atoms with Crippen molar-refractivity contribution in [2.75, 3.05) is 25.2 Å². The number of carbonyl (C=O) groups is 3. The summed E-state index contributed by atoms with van der Waals surface area (Å²) in [6.07, 6.45) is 0.0249. The first-order chi connectivity index (χ1) is 11.3. The third-order valence-corrected chi connectivity index (χ3v) is 4.19. The van der Waals surface area contributed by atoms with Crippen molar-refractivity contribution >= 4 is 35.1 Å². The largest absolute Gasteiger partial charge is 0.479 e. The molecule has 2 N–H and O–H groups in total. The molecule has 130 valence electrons. The van der Waals surface area contributed by atoms with E-state index in [1.165, 1.54) is 18.9 Å². The van der Waals surface area contributed by atoms with Gasteiger partial charge in [-0.1, -0.05) is 11.6 Å². The minimum Gasteiger partial charge on any atom is -0.479 e. The second-order valence-electron chi connectivity index (χ2n) is 5.94. The molecule has 7 nitrogen and oxygen atoms in total. The minimum absolute atomic E-state index is 0.0249. The van der Waals surface area contributed by atoms with Crippen molar-refractivity contribution in [1.82, 2.24) is 5.32 Å². The SMILES string of the molecule is COCC(C)(NC(=O)C1CC(=O)N(c2ccc(Cl)cc2)C1)C(=O)O. The molecule has 1 saturated heterocycles. The number of benzene rings is 1. The second-order valence-corrected chi connectivity index (χ2v) is 6.38. The van der Waals surface area contributed by atoms with E-state index in [0.717, 1.165) is 0 Å². The van der Waals surface area contributed by atoms with E-state index in [0.29, 0.717) is 10.7 Å². The Bertz CT molecular complexity index is 648. The monoisotopic (exact) mass is 354 g/mol. The summed E-state index contributed by atoms with van der Waals surface area (Å²) in [7, 11) is 1.36. The minimum atomic E-state index is -1.54. The fourth-order valence-electron chi connectivity index (χ4n) is 2.57. The molecule has 0 spiro atoms. The van der Waals surface area contributed by atoms with Gasteiger partial charge < -0.3 is 20.1 Å². The second kappa shape index (κ2) is 7.19.